The molecule has 0 aliphatic heterocycles. The largest absolute Gasteiger partial charge is 0.466 e. The van der Waals surface area contributed by atoms with E-state index in [1.54, 1.807) is 19.1 Å². The van der Waals surface area contributed by atoms with E-state index in [2.05, 4.69) is 18.6 Å². The zero-order valence-electron chi connectivity index (χ0n) is 12.8. The molecule has 0 saturated carbocycles. The number of carbonyl (C=O) groups excluding carboxylic acids is 1. The Morgan fingerprint density at radius 1 is 1.24 bits per heavy atom. The monoisotopic (exact) mass is 313 g/mol. The van der Waals surface area contributed by atoms with Crippen molar-refractivity contribution in [1.29, 1.82) is 0 Å². The van der Waals surface area contributed by atoms with Gasteiger partial charge in [0.1, 0.15) is 0 Å². The summed E-state index contributed by atoms with van der Waals surface area (Å²) < 4.78 is 31.2. The maximum absolute atomic E-state index is 12.0. The summed E-state index contributed by atoms with van der Waals surface area (Å²) in [6, 6.07) is 6.81. The van der Waals surface area contributed by atoms with Crippen molar-refractivity contribution in [3.05, 3.63) is 29.8 Å². The molecule has 0 bridgehead atoms. The van der Waals surface area contributed by atoms with Crippen LogP contribution in [0, 0.1) is 5.92 Å². The summed E-state index contributed by atoms with van der Waals surface area (Å²) in [5, 5.41) is 0. The van der Waals surface area contributed by atoms with Crippen LogP contribution in [0.25, 0.3) is 0 Å². The highest BCUT2D eigenvalue weighted by molar-refractivity contribution is 7.89. The standard InChI is InChI=1S/C15H23NO4S/c1-4-20-15(17)9-10-16-21(18,19)14-7-5-13(6-8-14)11-12(2)3/h5-8,12,16H,4,9-11H2,1-3H3. The molecule has 21 heavy (non-hydrogen) atoms. The number of hydrogen-bond donors (Lipinski definition) is 1. The third-order valence-electron chi connectivity index (χ3n) is 2.80. The third-order valence-corrected chi connectivity index (χ3v) is 4.28. The van der Waals surface area contributed by atoms with E-state index in [4.69, 9.17) is 4.74 Å². The number of hydrogen-bond acceptors (Lipinski definition) is 4. The summed E-state index contributed by atoms with van der Waals surface area (Å²) in [4.78, 5) is 11.4. The Hall–Kier alpha value is -1.40. The molecule has 0 fully saturated rings. The van der Waals surface area contributed by atoms with Crippen molar-refractivity contribution in [3.8, 4) is 0 Å². The highest BCUT2D eigenvalue weighted by atomic mass is 32.2. The molecule has 118 valence electrons. The SMILES string of the molecule is CCOC(=O)CCNS(=O)(=O)c1ccc(CC(C)C)cc1. The van der Waals surface area contributed by atoms with E-state index < -0.39 is 16.0 Å². The molecule has 0 heterocycles. The van der Waals surface area contributed by atoms with Crippen LogP contribution >= 0.6 is 0 Å². The van der Waals surface area contributed by atoms with Crippen molar-refractivity contribution in [1.82, 2.24) is 4.72 Å². The Balaban J connectivity index is 2.60. The second-order valence-electron chi connectivity index (χ2n) is 5.19. The minimum absolute atomic E-state index is 0.0263. The van der Waals surface area contributed by atoms with Gasteiger partial charge >= 0.3 is 5.97 Å². The predicted molar refractivity (Wildman–Crippen MR) is 81.4 cm³/mol. The lowest BCUT2D eigenvalue weighted by Crippen LogP contribution is -2.26. The normalized spacial score (nSPS) is 11.6. The molecule has 0 unspecified atom stereocenters. The molecule has 1 rings (SSSR count). The molecule has 1 aromatic rings. The van der Waals surface area contributed by atoms with Crippen molar-refractivity contribution < 1.29 is 17.9 Å². The van der Waals surface area contributed by atoms with Crippen LogP contribution in [0.2, 0.25) is 0 Å². The Morgan fingerprint density at radius 2 is 1.86 bits per heavy atom. The van der Waals surface area contributed by atoms with E-state index in [1.165, 1.54) is 0 Å². The average molecular weight is 313 g/mol. The summed E-state index contributed by atoms with van der Waals surface area (Å²) in [6.45, 7) is 6.27. The van der Waals surface area contributed by atoms with Gasteiger partial charge < -0.3 is 4.74 Å². The van der Waals surface area contributed by atoms with Crippen LogP contribution in [-0.4, -0.2) is 27.5 Å². The van der Waals surface area contributed by atoms with Crippen molar-refractivity contribution in [3.63, 3.8) is 0 Å². The molecule has 0 spiro atoms. The molecule has 6 heteroatoms. The molecule has 0 atom stereocenters. The number of esters is 1. The molecule has 1 N–H and O–H groups in total. The summed E-state index contributed by atoms with van der Waals surface area (Å²) >= 11 is 0. The first kappa shape index (κ1) is 17.7. The molecule has 0 aliphatic carbocycles. The zero-order chi connectivity index (χ0) is 15.9. The van der Waals surface area contributed by atoms with Crippen molar-refractivity contribution >= 4 is 16.0 Å². The molecule has 0 saturated heterocycles. The molecular weight excluding hydrogens is 290 g/mol. The smallest absolute Gasteiger partial charge is 0.307 e. The lowest BCUT2D eigenvalue weighted by Gasteiger charge is -2.08. The van der Waals surface area contributed by atoms with Gasteiger partial charge in [0, 0.05) is 6.54 Å². The molecule has 5 nitrogen and oxygen atoms in total. The number of benzene rings is 1. The van der Waals surface area contributed by atoms with Crippen LogP contribution in [-0.2, 0) is 26.0 Å². The number of sulfonamides is 1. The van der Waals surface area contributed by atoms with Crippen LogP contribution in [0.1, 0.15) is 32.8 Å². The van der Waals surface area contributed by atoms with Gasteiger partial charge in [0.05, 0.1) is 17.9 Å². The number of ether oxygens (including phenoxy) is 1. The van der Waals surface area contributed by atoms with Gasteiger partial charge in [0.25, 0.3) is 0 Å². The minimum atomic E-state index is -3.57. The van der Waals surface area contributed by atoms with Gasteiger partial charge in [-0.05, 0) is 37.0 Å². The van der Waals surface area contributed by atoms with Crippen LogP contribution in [0.15, 0.2) is 29.2 Å². The quantitative estimate of drug-likeness (QED) is 0.746. The van der Waals surface area contributed by atoms with Gasteiger partial charge in [-0.3, -0.25) is 4.79 Å². The Labute approximate surface area is 126 Å². The predicted octanol–water partition coefficient (Wildman–Crippen LogP) is 2.12. The maximum Gasteiger partial charge on any atom is 0.307 e. The zero-order valence-corrected chi connectivity index (χ0v) is 13.6. The maximum atomic E-state index is 12.0. The highest BCUT2D eigenvalue weighted by Crippen LogP contribution is 2.13. The fraction of sp³-hybridized carbons (Fsp3) is 0.533. The topological polar surface area (TPSA) is 72.5 Å². The lowest BCUT2D eigenvalue weighted by molar-refractivity contribution is -0.142. The van der Waals surface area contributed by atoms with Crippen molar-refractivity contribution in [2.45, 2.75) is 38.5 Å². The first-order chi connectivity index (χ1) is 9.85. The minimum Gasteiger partial charge on any atom is -0.466 e. The van der Waals surface area contributed by atoms with Gasteiger partial charge in [-0.1, -0.05) is 26.0 Å². The second kappa shape index (κ2) is 8.14. The summed E-state index contributed by atoms with van der Waals surface area (Å²) in [7, 11) is -3.57. The van der Waals surface area contributed by atoms with Gasteiger partial charge in [-0.15, -0.1) is 0 Å². The fourth-order valence-corrected chi connectivity index (χ4v) is 2.91. The van der Waals surface area contributed by atoms with Crippen LogP contribution in [0.4, 0.5) is 0 Å². The Bertz CT molecular complexity index is 550. The second-order valence-corrected chi connectivity index (χ2v) is 6.96. The summed E-state index contributed by atoms with van der Waals surface area (Å²) in [5.41, 5.74) is 1.11. The molecule has 0 aliphatic rings. The molecule has 1 aromatic carbocycles. The van der Waals surface area contributed by atoms with Gasteiger partial charge in [-0.2, -0.15) is 0 Å². The average Bonchev–Trinajstić information content (AvgIpc) is 2.38. The molecular formula is C15H23NO4S. The van der Waals surface area contributed by atoms with Crippen molar-refractivity contribution in [2.75, 3.05) is 13.2 Å². The van der Waals surface area contributed by atoms with Gasteiger partial charge in [-0.25, -0.2) is 13.1 Å². The van der Waals surface area contributed by atoms with E-state index in [-0.39, 0.29) is 17.9 Å². The van der Waals surface area contributed by atoms with Crippen LogP contribution in [0.5, 0.6) is 0 Å². The molecule has 0 aromatic heterocycles. The van der Waals surface area contributed by atoms with Crippen LogP contribution < -0.4 is 4.72 Å². The van der Waals surface area contributed by atoms with E-state index in [0.717, 1.165) is 12.0 Å². The van der Waals surface area contributed by atoms with E-state index in [0.29, 0.717) is 12.5 Å². The van der Waals surface area contributed by atoms with E-state index in [1.807, 2.05) is 12.1 Å². The lowest BCUT2D eigenvalue weighted by atomic mass is 10.0. The van der Waals surface area contributed by atoms with Crippen molar-refractivity contribution in [2.24, 2.45) is 5.92 Å². The van der Waals surface area contributed by atoms with E-state index in [9.17, 15) is 13.2 Å². The number of rotatable bonds is 8. The molecule has 0 amide bonds. The third kappa shape index (κ3) is 6.27. The number of nitrogens with one attached hydrogen (secondary N) is 1. The Morgan fingerprint density at radius 3 is 2.38 bits per heavy atom. The molecule has 0 radical (unpaired) electrons. The van der Waals surface area contributed by atoms with Gasteiger partial charge in [0.15, 0.2) is 0 Å². The highest BCUT2D eigenvalue weighted by Gasteiger charge is 2.14. The van der Waals surface area contributed by atoms with E-state index >= 15 is 0 Å². The van der Waals surface area contributed by atoms with Gasteiger partial charge in [0.2, 0.25) is 10.0 Å². The number of carbonyl (C=O) groups is 1. The van der Waals surface area contributed by atoms with Crippen LogP contribution in [0.3, 0.4) is 0 Å². The first-order valence-electron chi connectivity index (χ1n) is 7.09. The fourth-order valence-electron chi connectivity index (χ4n) is 1.88. The summed E-state index contributed by atoms with van der Waals surface area (Å²) in [6.07, 6.45) is 0.940. The first-order valence-corrected chi connectivity index (χ1v) is 8.57. The Kier molecular flexibility index (Phi) is 6.84. The summed E-state index contributed by atoms with van der Waals surface area (Å²) in [5.74, 6) is 0.114.